The molecule has 0 aromatic carbocycles. The molecule has 1 saturated heterocycles. The molecule has 2 N–H and O–H groups in total. The lowest BCUT2D eigenvalue weighted by Crippen LogP contribution is -2.26. The van der Waals surface area contributed by atoms with Gasteiger partial charge in [0.2, 0.25) is 0 Å². The van der Waals surface area contributed by atoms with Crippen LogP contribution in [0.15, 0.2) is 18.6 Å². The lowest BCUT2D eigenvalue weighted by atomic mass is 10.2. The minimum Gasteiger partial charge on any atom is -0.380 e. The maximum Gasteiger partial charge on any atom is 0.173 e. The molecule has 2 atom stereocenters. The quantitative estimate of drug-likeness (QED) is 0.758. The van der Waals surface area contributed by atoms with Gasteiger partial charge in [-0.2, -0.15) is 5.10 Å². The van der Waals surface area contributed by atoms with Gasteiger partial charge in [0.1, 0.15) is 23.6 Å². The molecule has 114 valence electrons. The molecule has 0 aliphatic carbocycles. The minimum absolute atomic E-state index is 0.0444. The van der Waals surface area contributed by atoms with Gasteiger partial charge in [-0.25, -0.2) is 15.0 Å². The van der Waals surface area contributed by atoms with E-state index in [1.165, 1.54) is 0 Å². The molecule has 22 heavy (non-hydrogen) atoms. The first kappa shape index (κ1) is 13.2. The van der Waals surface area contributed by atoms with Crippen LogP contribution in [0.1, 0.15) is 24.1 Å². The van der Waals surface area contributed by atoms with E-state index < -0.39 is 0 Å². The summed E-state index contributed by atoms with van der Waals surface area (Å²) in [4.78, 5) is 18.6. The fourth-order valence-corrected chi connectivity index (χ4v) is 3.04. The van der Waals surface area contributed by atoms with Gasteiger partial charge in [0.05, 0.1) is 17.5 Å². The number of aromatic nitrogens is 6. The molecule has 1 aliphatic heterocycles. The van der Waals surface area contributed by atoms with Crippen molar-refractivity contribution in [2.75, 3.05) is 18.6 Å². The van der Waals surface area contributed by atoms with Crippen molar-refractivity contribution in [2.45, 2.75) is 25.5 Å². The second kappa shape index (κ2) is 5.06. The molecule has 1 aliphatic rings. The van der Waals surface area contributed by atoms with E-state index in [9.17, 15) is 0 Å². The predicted octanol–water partition coefficient (Wildman–Crippen LogP) is 1.35. The van der Waals surface area contributed by atoms with Gasteiger partial charge in [-0.1, -0.05) is 0 Å². The fourth-order valence-electron chi connectivity index (χ4n) is 3.04. The van der Waals surface area contributed by atoms with Gasteiger partial charge in [-0.05, 0) is 13.0 Å². The number of nitrogens with zero attached hydrogens (tertiary/aromatic N) is 5. The number of fused-ring (bicyclic) bond motifs is 1. The Morgan fingerprint density at radius 2 is 2.27 bits per heavy atom. The summed E-state index contributed by atoms with van der Waals surface area (Å²) in [5.74, 6) is 2.47. The molecule has 0 radical (unpaired) electrons. The summed E-state index contributed by atoms with van der Waals surface area (Å²) < 4.78 is 5.56. The summed E-state index contributed by atoms with van der Waals surface area (Å²) in [5.41, 5.74) is 0.829. The van der Waals surface area contributed by atoms with Crippen LogP contribution in [-0.2, 0) is 4.74 Å². The van der Waals surface area contributed by atoms with E-state index in [2.05, 4.69) is 35.0 Å². The SMILES string of the molecule is CO[C@@H]1C[C@@H](c2n[nH]c(C)n2)N(c2ncnc3[nH]ccc23)C1. The highest BCUT2D eigenvalue weighted by molar-refractivity contribution is 5.87. The Balaban J connectivity index is 1.78. The highest BCUT2D eigenvalue weighted by atomic mass is 16.5. The van der Waals surface area contributed by atoms with E-state index in [1.54, 1.807) is 13.4 Å². The van der Waals surface area contributed by atoms with Gasteiger partial charge in [-0.3, -0.25) is 5.10 Å². The summed E-state index contributed by atoms with van der Waals surface area (Å²) in [6.45, 7) is 2.66. The Bertz CT molecular complexity index is 795. The van der Waals surface area contributed by atoms with E-state index in [0.717, 1.165) is 41.5 Å². The minimum atomic E-state index is 0.0444. The van der Waals surface area contributed by atoms with Crippen LogP contribution < -0.4 is 4.90 Å². The van der Waals surface area contributed by atoms with Crippen LogP contribution in [0, 0.1) is 6.92 Å². The number of methoxy groups -OCH3 is 1. The highest BCUT2D eigenvalue weighted by Gasteiger charge is 2.37. The molecule has 1 fully saturated rings. The van der Waals surface area contributed by atoms with Crippen LogP contribution in [-0.4, -0.2) is 49.9 Å². The molecule has 0 unspecified atom stereocenters. The van der Waals surface area contributed by atoms with Crippen LogP contribution in [0.25, 0.3) is 11.0 Å². The van der Waals surface area contributed by atoms with Gasteiger partial charge in [0.15, 0.2) is 5.82 Å². The van der Waals surface area contributed by atoms with Crippen LogP contribution in [0.5, 0.6) is 0 Å². The van der Waals surface area contributed by atoms with Crippen molar-refractivity contribution in [2.24, 2.45) is 0 Å². The lowest BCUT2D eigenvalue weighted by molar-refractivity contribution is 0.118. The molecule has 0 spiro atoms. The molecule has 4 rings (SSSR count). The number of aryl methyl sites for hydroxylation is 1. The van der Waals surface area contributed by atoms with Crippen molar-refractivity contribution >= 4 is 16.9 Å². The van der Waals surface area contributed by atoms with Crippen LogP contribution in [0.4, 0.5) is 5.82 Å². The van der Waals surface area contributed by atoms with Gasteiger partial charge >= 0.3 is 0 Å². The number of rotatable bonds is 3. The van der Waals surface area contributed by atoms with Crippen molar-refractivity contribution in [3.8, 4) is 0 Å². The third kappa shape index (κ3) is 2.03. The molecule has 8 nitrogen and oxygen atoms in total. The van der Waals surface area contributed by atoms with E-state index >= 15 is 0 Å². The normalized spacial score (nSPS) is 21.8. The first-order chi connectivity index (χ1) is 10.8. The monoisotopic (exact) mass is 299 g/mol. The van der Waals surface area contributed by atoms with Crippen LogP contribution >= 0.6 is 0 Å². The lowest BCUT2D eigenvalue weighted by Gasteiger charge is -2.23. The molecular formula is C14H17N7O. The van der Waals surface area contributed by atoms with Gasteiger partial charge in [-0.15, -0.1) is 0 Å². The van der Waals surface area contributed by atoms with Gasteiger partial charge in [0, 0.05) is 26.3 Å². The number of H-pyrrole nitrogens is 2. The zero-order valence-corrected chi connectivity index (χ0v) is 12.4. The summed E-state index contributed by atoms with van der Waals surface area (Å²) in [7, 11) is 1.74. The zero-order valence-electron chi connectivity index (χ0n) is 12.4. The molecular weight excluding hydrogens is 282 g/mol. The van der Waals surface area contributed by atoms with Crippen molar-refractivity contribution in [3.63, 3.8) is 0 Å². The molecule has 0 amide bonds. The number of nitrogens with one attached hydrogen (secondary N) is 2. The second-order valence-corrected chi connectivity index (χ2v) is 5.48. The van der Waals surface area contributed by atoms with Crippen LogP contribution in [0.3, 0.4) is 0 Å². The molecule has 3 aromatic rings. The van der Waals surface area contributed by atoms with Gasteiger partial charge < -0.3 is 14.6 Å². The predicted molar refractivity (Wildman–Crippen MR) is 80.5 cm³/mol. The summed E-state index contributed by atoms with van der Waals surface area (Å²) in [6.07, 6.45) is 4.42. The standard InChI is InChI=1S/C14H17N7O/c1-8-18-13(20-19-8)11-5-9(22-2)6-21(11)14-10-3-4-15-12(10)16-7-17-14/h3-4,7,9,11H,5-6H2,1-2H3,(H,15,16,17)(H,18,19,20)/t9-,11+/m1/s1. The zero-order chi connectivity index (χ0) is 15.1. The van der Waals surface area contributed by atoms with Crippen molar-refractivity contribution in [1.82, 2.24) is 30.1 Å². The fraction of sp³-hybridized carbons (Fsp3) is 0.429. The topological polar surface area (TPSA) is 95.6 Å². The van der Waals surface area contributed by atoms with E-state index in [4.69, 9.17) is 4.74 Å². The Hall–Kier alpha value is -2.48. The third-order valence-corrected chi connectivity index (χ3v) is 4.11. The molecule has 0 bridgehead atoms. The second-order valence-electron chi connectivity index (χ2n) is 5.48. The third-order valence-electron chi connectivity index (χ3n) is 4.11. The smallest absolute Gasteiger partial charge is 0.173 e. The largest absolute Gasteiger partial charge is 0.380 e. The Kier molecular flexibility index (Phi) is 3.04. The van der Waals surface area contributed by atoms with Gasteiger partial charge in [0.25, 0.3) is 0 Å². The number of ether oxygens (including phenoxy) is 1. The van der Waals surface area contributed by atoms with E-state index in [0.29, 0.717) is 0 Å². The summed E-state index contributed by atoms with van der Waals surface area (Å²) in [5, 5.41) is 8.24. The van der Waals surface area contributed by atoms with Crippen molar-refractivity contribution in [1.29, 1.82) is 0 Å². The van der Waals surface area contributed by atoms with Crippen molar-refractivity contribution < 1.29 is 4.74 Å². The number of hydrogen-bond donors (Lipinski definition) is 2. The molecule has 4 heterocycles. The number of aromatic amines is 2. The molecule has 3 aromatic heterocycles. The van der Waals surface area contributed by atoms with Crippen molar-refractivity contribution in [3.05, 3.63) is 30.2 Å². The number of anilines is 1. The van der Waals surface area contributed by atoms with E-state index in [1.807, 2.05) is 19.2 Å². The van der Waals surface area contributed by atoms with Crippen LogP contribution in [0.2, 0.25) is 0 Å². The summed E-state index contributed by atoms with van der Waals surface area (Å²) >= 11 is 0. The first-order valence-electron chi connectivity index (χ1n) is 7.22. The summed E-state index contributed by atoms with van der Waals surface area (Å²) in [6, 6.07) is 2.04. The molecule has 0 saturated carbocycles. The van der Waals surface area contributed by atoms with E-state index in [-0.39, 0.29) is 12.1 Å². The maximum absolute atomic E-state index is 5.56. The Morgan fingerprint density at radius 3 is 3.05 bits per heavy atom. The first-order valence-corrected chi connectivity index (χ1v) is 7.22. The average Bonchev–Trinajstić information content (AvgIpc) is 3.24. The average molecular weight is 299 g/mol. The Labute approximate surface area is 126 Å². The molecule has 8 heteroatoms. The maximum atomic E-state index is 5.56. The Morgan fingerprint density at radius 1 is 1.36 bits per heavy atom. The number of hydrogen-bond acceptors (Lipinski definition) is 6. The highest BCUT2D eigenvalue weighted by Crippen LogP contribution is 2.37.